The van der Waals surface area contributed by atoms with E-state index in [1.54, 1.807) is 42.0 Å². The molecule has 332 valence electrons. The number of carbonyl (C=O) groups is 3. The second-order valence-corrected chi connectivity index (χ2v) is 17.9. The fourth-order valence-electron chi connectivity index (χ4n) is 7.00. The molecule has 56 heavy (non-hydrogen) atoms. The number of cyclic esters (lactones) is 2. The van der Waals surface area contributed by atoms with Gasteiger partial charge in [0.2, 0.25) is 0 Å². The van der Waals surface area contributed by atoms with E-state index in [2.05, 4.69) is 46.6 Å². The van der Waals surface area contributed by atoms with Crippen molar-refractivity contribution in [3.63, 3.8) is 0 Å². The van der Waals surface area contributed by atoms with Crippen LogP contribution in [0.4, 0.5) is 0 Å². The molecule has 2 fully saturated rings. The van der Waals surface area contributed by atoms with E-state index in [0.717, 1.165) is 38.7 Å². The van der Waals surface area contributed by atoms with Crippen molar-refractivity contribution in [2.75, 3.05) is 41.3 Å². The van der Waals surface area contributed by atoms with Crippen LogP contribution in [-0.4, -0.2) is 97.2 Å². The lowest BCUT2D eigenvalue weighted by Crippen LogP contribution is -2.45. The van der Waals surface area contributed by atoms with Gasteiger partial charge >= 0.3 is 17.9 Å². The molecule has 7 unspecified atom stereocenters. The second kappa shape index (κ2) is 30.9. The predicted molar refractivity (Wildman–Crippen MR) is 226 cm³/mol. The maximum atomic E-state index is 12.7. The highest BCUT2D eigenvalue weighted by atomic mass is 16.6. The summed E-state index contributed by atoms with van der Waals surface area (Å²) >= 11 is 0. The van der Waals surface area contributed by atoms with E-state index in [1.807, 2.05) is 6.92 Å². The van der Waals surface area contributed by atoms with Crippen LogP contribution in [0.25, 0.3) is 0 Å². The number of rotatable bonds is 25. The molecule has 2 aliphatic heterocycles. The van der Waals surface area contributed by atoms with Gasteiger partial charge in [-0.25, -0.2) is 4.59 Å². The molecule has 2 rings (SSSR count). The predicted octanol–water partition coefficient (Wildman–Crippen LogP) is 7.94. The third kappa shape index (κ3) is 29.1. The van der Waals surface area contributed by atoms with Crippen LogP contribution >= 0.6 is 0 Å². The first kappa shape index (κ1) is 56.0. The van der Waals surface area contributed by atoms with Gasteiger partial charge in [0.05, 0.1) is 44.6 Å². The fourth-order valence-corrected chi connectivity index (χ4v) is 7.00. The average Bonchev–Trinajstić information content (AvgIpc) is 3.84. The molecule has 0 bridgehead atoms. The number of aliphatic hydroxyl groups is 1. The topological polar surface area (TPSA) is 178 Å². The lowest BCUT2D eigenvalue weighted by Gasteiger charge is -2.32. The number of epoxide rings is 1. The number of nitrogens with zero attached hydrogens (tertiary/aromatic N) is 3. The van der Waals surface area contributed by atoms with Gasteiger partial charge in [-0.3, -0.25) is 25.2 Å². The number of likely N-dealkylation sites (N-methyl/N-ethyl adjacent to an activating group) is 1. The van der Waals surface area contributed by atoms with Crippen molar-refractivity contribution in [1.82, 2.24) is 5.01 Å². The molecule has 7 atom stereocenters. The summed E-state index contributed by atoms with van der Waals surface area (Å²) in [6.07, 6.45) is 19.4. The number of nitrogens with two attached hydrogens (primary N) is 1. The Hall–Kier alpha value is -2.12. The van der Waals surface area contributed by atoms with E-state index in [0.29, 0.717) is 19.1 Å². The average molecular weight is 801 g/mol. The molecule has 12 heteroatoms. The number of hydrogen-bond donors (Lipinski definition) is 3. The second-order valence-electron chi connectivity index (χ2n) is 17.9. The van der Waals surface area contributed by atoms with Gasteiger partial charge in [0.15, 0.2) is 0 Å². The highest BCUT2D eigenvalue weighted by Crippen LogP contribution is 2.42. The number of ether oxygens (including phenoxy) is 2. The Morgan fingerprint density at radius 1 is 0.929 bits per heavy atom. The van der Waals surface area contributed by atoms with Crippen LogP contribution in [0.5, 0.6) is 0 Å². The number of aliphatic carboxylic acids is 1. The van der Waals surface area contributed by atoms with Crippen molar-refractivity contribution in [2.45, 2.75) is 184 Å². The van der Waals surface area contributed by atoms with E-state index in [1.165, 1.54) is 75.6 Å². The SMILES string of the molecule is CC1CO1.CCCCCCC(C)(CCCCCC)CC1C(=O)OC(=O)C1C.CCCCCCC(C)CC(C([O-])=N[N+](C)(C)CC(C)O)C(C)C(=O)O.CN(C)N. The van der Waals surface area contributed by atoms with Gasteiger partial charge in [0.25, 0.3) is 0 Å². The number of carboxylic acids is 1. The van der Waals surface area contributed by atoms with Gasteiger partial charge in [-0.1, -0.05) is 132 Å². The molecule has 0 radical (unpaired) electrons. The molecule has 4 N–H and O–H groups in total. The molecule has 0 aromatic carbocycles. The molecule has 0 spiro atoms. The van der Waals surface area contributed by atoms with Crippen molar-refractivity contribution in [2.24, 2.45) is 45.9 Å². The number of unbranched alkanes of at least 4 members (excludes halogenated alkanes) is 9. The normalized spacial score (nSPS) is 20.4. The molecule has 0 aliphatic carbocycles. The minimum atomic E-state index is -0.965. The highest BCUT2D eigenvalue weighted by Gasteiger charge is 2.44. The Labute approximate surface area is 342 Å². The first-order chi connectivity index (χ1) is 26.1. The molecule has 0 aromatic rings. The molecule has 0 amide bonds. The Balaban J connectivity index is 0. The third-order valence-electron chi connectivity index (χ3n) is 10.6. The van der Waals surface area contributed by atoms with Crippen LogP contribution < -0.4 is 10.9 Å². The first-order valence-corrected chi connectivity index (χ1v) is 21.9. The lowest BCUT2D eigenvalue weighted by molar-refractivity contribution is -0.901. The van der Waals surface area contributed by atoms with Crippen molar-refractivity contribution < 1.29 is 43.8 Å². The molecule has 2 saturated heterocycles. The van der Waals surface area contributed by atoms with Crippen LogP contribution in [-0.2, 0) is 23.9 Å². The lowest BCUT2D eigenvalue weighted by atomic mass is 9.71. The number of hydrogen-bond acceptors (Lipinski definition) is 10. The smallest absolute Gasteiger partial charge is 0.317 e. The van der Waals surface area contributed by atoms with Crippen LogP contribution in [0.15, 0.2) is 5.10 Å². The first-order valence-electron chi connectivity index (χ1n) is 21.9. The summed E-state index contributed by atoms with van der Waals surface area (Å²) in [7, 11) is 7.03. The number of aliphatic hydroxyl groups excluding tert-OH is 1. The highest BCUT2D eigenvalue weighted by molar-refractivity contribution is 5.96. The molecule has 2 heterocycles. The zero-order chi connectivity index (χ0) is 43.5. The van der Waals surface area contributed by atoms with Gasteiger partial charge < -0.3 is 24.8 Å². The standard InChI is InChI=1S/C20H36O3.C19H38N2O4.C3H6O.C2H8N2/c1-5-7-9-11-13-20(4,14-12-10-8-6-2)15-17-16(3)18(21)23-19(17)22;1-7-8-9-10-11-14(2)12-17(16(4)19(24)25)18(23)20-21(5,6)13-15(3)22;1-3-2-4-3;1-4(2)3/h16-17H,5-15H2,1-4H3;14-17,22H,7-13H2,1-6H3,(H-,20,23,24,25);3H,2H2,1H3;3H2,1-2H3. The largest absolute Gasteiger partial charge is 0.858 e. The van der Waals surface area contributed by atoms with Gasteiger partial charge in [0.1, 0.15) is 12.6 Å². The van der Waals surface area contributed by atoms with E-state index in [-0.39, 0.29) is 45.6 Å². The molecule has 0 saturated carbocycles. The minimum Gasteiger partial charge on any atom is -0.858 e. The quantitative estimate of drug-likeness (QED) is 0.00945. The number of quaternary nitrogens is 1. The summed E-state index contributed by atoms with van der Waals surface area (Å²) in [6.45, 7) is 19.4. The number of carbonyl (C=O) groups excluding carboxylic acids is 2. The molecule has 0 aromatic heterocycles. The molecule has 2 aliphatic rings. The van der Waals surface area contributed by atoms with Crippen molar-refractivity contribution in [3.05, 3.63) is 0 Å². The van der Waals surface area contributed by atoms with Crippen LogP contribution in [0.2, 0.25) is 0 Å². The number of hydrazine groups is 1. The Kier molecular flexibility index (Phi) is 30.9. The molecule has 12 nitrogen and oxygen atoms in total. The minimum absolute atomic E-state index is 0.00419. The van der Waals surface area contributed by atoms with E-state index in [9.17, 15) is 29.7 Å². The number of carboxylic acid groups (broad SMARTS) is 1. The van der Waals surface area contributed by atoms with Gasteiger partial charge in [-0.15, -0.1) is 5.10 Å². The van der Waals surface area contributed by atoms with Crippen molar-refractivity contribution in [3.8, 4) is 0 Å². The monoisotopic (exact) mass is 801 g/mol. The van der Waals surface area contributed by atoms with Gasteiger partial charge in [-0.05, 0) is 50.9 Å². The summed E-state index contributed by atoms with van der Waals surface area (Å²) in [6, 6.07) is 0. The van der Waals surface area contributed by atoms with E-state index in [4.69, 9.17) is 15.3 Å². The van der Waals surface area contributed by atoms with Crippen LogP contribution in [0, 0.1) is 35.0 Å². The maximum absolute atomic E-state index is 12.7. The van der Waals surface area contributed by atoms with Crippen LogP contribution in [0.3, 0.4) is 0 Å². The van der Waals surface area contributed by atoms with Crippen molar-refractivity contribution >= 4 is 23.8 Å². The van der Waals surface area contributed by atoms with E-state index < -0.39 is 23.9 Å². The van der Waals surface area contributed by atoms with Gasteiger partial charge in [-0.2, -0.15) is 0 Å². The van der Waals surface area contributed by atoms with Crippen molar-refractivity contribution in [1.29, 1.82) is 0 Å². The van der Waals surface area contributed by atoms with E-state index >= 15 is 0 Å². The van der Waals surface area contributed by atoms with Gasteiger partial charge in [0, 0.05) is 25.9 Å². The fraction of sp³-hybridized carbons (Fsp3) is 0.909. The summed E-state index contributed by atoms with van der Waals surface area (Å²) in [5, 5.41) is 37.3. The van der Waals surface area contributed by atoms with Crippen LogP contribution in [0.1, 0.15) is 171 Å². The third-order valence-corrected chi connectivity index (χ3v) is 10.6. The number of esters is 2. The summed E-state index contributed by atoms with van der Waals surface area (Å²) in [4.78, 5) is 35.0. The maximum Gasteiger partial charge on any atom is 0.317 e. The Bertz CT molecular complexity index is 1060. The zero-order valence-corrected chi connectivity index (χ0v) is 38.2. The zero-order valence-electron chi connectivity index (χ0n) is 38.2. The Morgan fingerprint density at radius 3 is 1.73 bits per heavy atom. The summed E-state index contributed by atoms with van der Waals surface area (Å²) < 4.78 is 9.55. The summed E-state index contributed by atoms with van der Waals surface area (Å²) in [5.74, 6) is 1.38. The molecular weight excluding hydrogens is 713 g/mol. The molecular formula is C44H88N4O8. The summed E-state index contributed by atoms with van der Waals surface area (Å²) in [5.41, 5.74) is 0.157. The Morgan fingerprint density at radius 2 is 1.38 bits per heavy atom.